The van der Waals surface area contributed by atoms with Gasteiger partial charge in [0.2, 0.25) is 5.69 Å². The third-order valence-electron chi connectivity index (χ3n) is 4.51. The summed E-state index contributed by atoms with van der Waals surface area (Å²) in [7, 11) is 0. The predicted octanol–water partition coefficient (Wildman–Crippen LogP) is 0.507. The zero-order valence-corrected chi connectivity index (χ0v) is 14.5. The van der Waals surface area contributed by atoms with E-state index in [1.165, 1.54) is 0 Å². The molecule has 0 saturated carbocycles. The van der Waals surface area contributed by atoms with Crippen LogP contribution < -0.4 is 4.57 Å². The monoisotopic (exact) mass is 349 g/mol. The summed E-state index contributed by atoms with van der Waals surface area (Å²) >= 11 is 0. The van der Waals surface area contributed by atoms with E-state index >= 15 is 0 Å². The van der Waals surface area contributed by atoms with Gasteiger partial charge >= 0.3 is 0 Å². The maximum atomic E-state index is 10.2. The van der Waals surface area contributed by atoms with Crippen molar-refractivity contribution in [1.82, 2.24) is 4.98 Å². The quantitative estimate of drug-likeness (QED) is 0.465. The molecule has 2 rings (SSSR count). The largest absolute Gasteiger partial charge is 0.506 e. The van der Waals surface area contributed by atoms with Crippen molar-refractivity contribution in [2.75, 3.05) is 0 Å². The van der Waals surface area contributed by atoms with Gasteiger partial charge in [0, 0.05) is 36.2 Å². The average molecular weight is 349 g/mol. The highest BCUT2D eigenvalue weighted by atomic mass is 16.3. The Kier molecular flexibility index (Phi) is 6.30. The van der Waals surface area contributed by atoms with Crippen molar-refractivity contribution in [1.29, 1.82) is 0 Å². The predicted molar refractivity (Wildman–Crippen MR) is 89.8 cm³/mol. The average Bonchev–Trinajstić information content (AvgIpc) is 2.62. The molecular formula is C18H25N2O5+. The lowest BCUT2D eigenvalue weighted by Crippen LogP contribution is -2.38. The van der Waals surface area contributed by atoms with Crippen LogP contribution >= 0.6 is 0 Å². The van der Waals surface area contributed by atoms with Crippen LogP contribution in [-0.2, 0) is 32.8 Å². The first-order chi connectivity index (χ1) is 11.9. The maximum Gasteiger partial charge on any atom is 0.220 e. The van der Waals surface area contributed by atoms with Crippen LogP contribution in [0, 0.1) is 13.8 Å². The fourth-order valence-corrected chi connectivity index (χ4v) is 2.94. The highest BCUT2D eigenvalue weighted by Gasteiger charge is 2.20. The second-order valence-electron chi connectivity index (χ2n) is 6.03. The van der Waals surface area contributed by atoms with Crippen molar-refractivity contribution < 1.29 is 30.1 Å². The minimum atomic E-state index is -0.340. The Morgan fingerprint density at radius 2 is 1.60 bits per heavy atom. The van der Waals surface area contributed by atoms with E-state index in [2.05, 4.69) is 4.98 Å². The van der Waals surface area contributed by atoms with Gasteiger partial charge in [-0.2, -0.15) is 4.57 Å². The molecule has 0 atom stereocenters. The summed E-state index contributed by atoms with van der Waals surface area (Å²) in [5.74, 6) is 0.0792. The van der Waals surface area contributed by atoms with Gasteiger partial charge in [-0.1, -0.05) is 0 Å². The standard InChI is InChI=1S/C18H24N2O5/c1-11-17(24)15(13(8-21)6-19-11)4-3-5-20-7-14(9-22)16(10-23)18(25)12(20)2/h6-7,21-23H,3-5,8-10H2,1-2H3,(H-,24,25)/p+1. The Morgan fingerprint density at radius 1 is 0.920 bits per heavy atom. The van der Waals surface area contributed by atoms with Gasteiger partial charge in [-0.15, -0.1) is 0 Å². The van der Waals surface area contributed by atoms with Gasteiger partial charge in [-0.05, 0) is 13.3 Å². The van der Waals surface area contributed by atoms with Crippen molar-refractivity contribution in [2.24, 2.45) is 0 Å². The maximum absolute atomic E-state index is 10.2. The molecular weight excluding hydrogens is 324 g/mol. The zero-order valence-electron chi connectivity index (χ0n) is 14.5. The van der Waals surface area contributed by atoms with Crippen LogP contribution in [0.5, 0.6) is 11.5 Å². The summed E-state index contributed by atoms with van der Waals surface area (Å²) in [4.78, 5) is 4.04. The lowest BCUT2D eigenvalue weighted by Gasteiger charge is -2.12. The number of pyridine rings is 2. The van der Waals surface area contributed by atoms with Crippen LogP contribution in [0.15, 0.2) is 12.4 Å². The first kappa shape index (κ1) is 19.1. The fraction of sp³-hybridized carbons (Fsp3) is 0.444. The number of aliphatic hydroxyl groups is 3. The minimum absolute atomic E-state index is 0.0206. The number of aryl methyl sites for hydroxylation is 2. The third kappa shape index (κ3) is 3.89. The van der Waals surface area contributed by atoms with E-state index in [-0.39, 0.29) is 31.3 Å². The SMILES string of the molecule is Cc1ncc(CO)c(CCC[n+]2cc(CO)c(CO)c(O)c2C)c1O. The lowest BCUT2D eigenvalue weighted by molar-refractivity contribution is -0.704. The smallest absolute Gasteiger partial charge is 0.220 e. The van der Waals surface area contributed by atoms with Crippen LogP contribution in [0.25, 0.3) is 0 Å². The van der Waals surface area contributed by atoms with Crippen molar-refractivity contribution in [3.05, 3.63) is 46.0 Å². The Bertz CT molecular complexity index is 762. The molecule has 0 unspecified atom stereocenters. The second-order valence-corrected chi connectivity index (χ2v) is 6.03. The normalized spacial score (nSPS) is 11.1. The topological polar surface area (TPSA) is 118 Å². The van der Waals surface area contributed by atoms with Crippen LogP contribution in [0.2, 0.25) is 0 Å². The molecule has 0 aromatic carbocycles. The lowest BCUT2D eigenvalue weighted by atomic mass is 10.0. The van der Waals surface area contributed by atoms with Gasteiger partial charge in [-0.25, -0.2) is 0 Å². The molecule has 0 aliphatic rings. The molecule has 25 heavy (non-hydrogen) atoms. The van der Waals surface area contributed by atoms with E-state index in [1.807, 2.05) is 4.57 Å². The highest BCUT2D eigenvalue weighted by molar-refractivity contribution is 5.40. The Hall–Kier alpha value is -2.22. The van der Waals surface area contributed by atoms with Gasteiger partial charge in [-0.3, -0.25) is 4.98 Å². The molecule has 0 aliphatic carbocycles. The number of nitrogens with zero attached hydrogens (tertiary/aromatic N) is 2. The molecule has 2 heterocycles. The van der Waals surface area contributed by atoms with Gasteiger partial charge < -0.3 is 25.5 Å². The molecule has 0 saturated heterocycles. The summed E-state index contributed by atoms with van der Waals surface area (Å²) < 4.78 is 1.81. The Balaban J connectivity index is 2.21. The molecule has 5 N–H and O–H groups in total. The molecule has 136 valence electrons. The van der Waals surface area contributed by atoms with Crippen molar-refractivity contribution in [2.45, 2.75) is 53.1 Å². The van der Waals surface area contributed by atoms with E-state index in [9.17, 15) is 25.5 Å². The molecule has 0 spiro atoms. The van der Waals surface area contributed by atoms with Gasteiger partial charge in [0.15, 0.2) is 11.9 Å². The van der Waals surface area contributed by atoms with E-state index in [1.54, 1.807) is 26.2 Å². The first-order valence-electron chi connectivity index (χ1n) is 8.17. The van der Waals surface area contributed by atoms with Gasteiger partial charge in [0.05, 0.1) is 31.1 Å². The molecule has 7 nitrogen and oxygen atoms in total. The van der Waals surface area contributed by atoms with Crippen molar-refractivity contribution >= 4 is 0 Å². The Morgan fingerprint density at radius 3 is 2.20 bits per heavy atom. The van der Waals surface area contributed by atoms with E-state index in [0.717, 1.165) is 0 Å². The van der Waals surface area contributed by atoms with Crippen molar-refractivity contribution in [3.8, 4) is 11.5 Å². The zero-order chi connectivity index (χ0) is 18.6. The van der Waals surface area contributed by atoms with E-state index in [0.29, 0.717) is 53.0 Å². The molecule has 0 amide bonds. The summed E-state index contributed by atoms with van der Waals surface area (Å²) in [5, 5.41) is 48.6. The van der Waals surface area contributed by atoms with Gasteiger partial charge in [0.25, 0.3) is 0 Å². The third-order valence-corrected chi connectivity index (χ3v) is 4.51. The number of aromatic hydroxyl groups is 2. The summed E-state index contributed by atoms with van der Waals surface area (Å²) in [6.45, 7) is 3.18. The number of hydrogen-bond donors (Lipinski definition) is 5. The van der Waals surface area contributed by atoms with Crippen LogP contribution in [-0.4, -0.2) is 30.5 Å². The number of aliphatic hydroxyl groups excluding tert-OH is 3. The fourth-order valence-electron chi connectivity index (χ4n) is 2.94. The van der Waals surface area contributed by atoms with Crippen LogP contribution in [0.3, 0.4) is 0 Å². The molecule has 2 aromatic rings. The summed E-state index contributed by atoms with van der Waals surface area (Å²) in [5.41, 5.74) is 3.19. The molecule has 0 bridgehead atoms. The number of aromatic nitrogens is 2. The molecule has 0 aliphatic heterocycles. The second kappa shape index (κ2) is 8.24. The molecule has 0 radical (unpaired) electrons. The number of rotatable bonds is 7. The summed E-state index contributed by atoms with van der Waals surface area (Å²) in [6.07, 6.45) is 4.46. The highest BCUT2D eigenvalue weighted by Crippen LogP contribution is 2.26. The van der Waals surface area contributed by atoms with E-state index < -0.39 is 0 Å². The van der Waals surface area contributed by atoms with Gasteiger partial charge in [0.1, 0.15) is 12.3 Å². The van der Waals surface area contributed by atoms with Crippen molar-refractivity contribution in [3.63, 3.8) is 0 Å². The first-order valence-corrected chi connectivity index (χ1v) is 8.17. The summed E-state index contributed by atoms with van der Waals surface area (Å²) in [6, 6.07) is 0. The van der Waals surface area contributed by atoms with Crippen LogP contribution in [0.4, 0.5) is 0 Å². The molecule has 0 fully saturated rings. The molecule has 2 aromatic heterocycles. The number of hydrogen-bond acceptors (Lipinski definition) is 6. The van der Waals surface area contributed by atoms with Crippen LogP contribution in [0.1, 0.15) is 40.1 Å². The minimum Gasteiger partial charge on any atom is -0.506 e. The Labute approximate surface area is 146 Å². The molecule has 7 heteroatoms. The van der Waals surface area contributed by atoms with E-state index in [4.69, 9.17) is 0 Å².